The van der Waals surface area contributed by atoms with E-state index >= 15 is 4.39 Å². The van der Waals surface area contributed by atoms with Gasteiger partial charge in [0.25, 0.3) is 0 Å². The van der Waals surface area contributed by atoms with Gasteiger partial charge in [0.1, 0.15) is 17.9 Å². The number of ether oxygens (including phenoxy) is 6. The number of carbonyl (C=O) groups excluding carboxylic acids is 4. The van der Waals surface area contributed by atoms with Gasteiger partial charge in [-0.15, -0.1) is 0 Å². The van der Waals surface area contributed by atoms with E-state index in [0.29, 0.717) is 0 Å². The summed E-state index contributed by atoms with van der Waals surface area (Å²) in [5.41, 5.74) is 0. The van der Waals surface area contributed by atoms with Crippen LogP contribution in [0.1, 0.15) is 41.5 Å². The lowest BCUT2D eigenvalue weighted by molar-refractivity contribution is -0.295. The molecule has 1 aromatic rings. The third kappa shape index (κ3) is 10.6. The number of benzene rings is 1. The number of para-hydroxylation sites is 1. The number of nitrogens with one attached hydrogen (secondary N) is 1. The predicted molar refractivity (Wildman–Crippen MR) is 142 cm³/mol. The molecule has 1 fully saturated rings. The number of esters is 4. The molecule has 1 saturated heterocycles. The summed E-state index contributed by atoms with van der Waals surface area (Å²) in [4.78, 5) is 48.7. The zero-order valence-electron chi connectivity index (χ0n) is 24.3. The molecule has 42 heavy (non-hydrogen) atoms. The lowest BCUT2D eigenvalue weighted by Gasteiger charge is -2.45. The molecule has 14 nitrogen and oxygen atoms in total. The van der Waals surface area contributed by atoms with Gasteiger partial charge in [-0.1, -0.05) is 18.2 Å². The van der Waals surface area contributed by atoms with E-state index in [9.17, 15) is 23.7 Å². The van der Waals surface area contributed by atoms with Crippen molar-refractivity contribution in [1.29, 1.82) is 0 Å². The van der Waals surface area contributed by atoms with Crippen LogP contribution < -0.4 is 9.61 Å². The zero-order chi connectivity index (χ0) is 31.6. The van der Waals surface area contributed by atoms with Gasteiger partial charge in [0.2, 0.25) is 6.29 Å². The fraction of sp³-hybridized carbons (Fsp3) is 0.615. The number of rotatable bonds is 14. The highest BCUT2D eigenvalue weighted by Crippen LogP contribution is 2.48. The van der Waals surface area contributed by atoms with Crippen molar-refractivity contribution in [1.82, 2.24) is 5.09 Å². The summed E-state index contributed by atoms with van der Waals surface area (Å²) >= 11 is 0. The molecule has 0 amide bonds. The van der Waals surface area contributed by atoms with Crippen LogP contribution in [0.15, 0.2) is 30.3 Å². The molecule has 2 rings (SSSR count). The van der Waals surface area contributed by atoms with E-state index in [1.807, 2.05) is 0 Å². The summed E-state index contributed by atoms with van der Waals surface area (Å²) in [7, 11) is -3.49. The third-order valence-electron chi connectivity index (χ3n) is 5.39. The highest BCUT2D eigenvalue weighted by molar-refractivity contribution is 7.52. The molecule has 0 bridgehead atoms. The summed E-state index contributed by atoms with van der Waals surface area (Å²) in [6.07, 6.45) is -11.3. The van der Waals surface area contributed by atoms with Gasteiger partial charge in [-0.3, -0.25) is 23.7 Å². The lowest BCUT2D eigenvalue weighted by Crippen LogP contribution is -2.64. The molecule has 0 saturated carbocycles. The minimum Gasteiger partial charge on any atom is -0.462 e. The fourth-order valence-electron chi connectivity index (χ4n) is 3.89. The average molecular weight is 622 g/mol. The van der Waals surface area contributed by atoms with E-state index in [-0.39, 0.29) is 5.75 Å². The molecule has 0 radical (unpaired) electrons. The Labute approximate surface area is 243 Å². The van der Waals surface area contributed by atoms with E-state index in [1.165, 1.54) is 26.2 Å². The van der Waals surface area contributed by atoms with Crippen LogP contribution in [0.25, 0.3) is 0 Å². The van der Waals surface area contributed by atoms with Crippen LogP contribution in [-0.4, -0.2) is 86.6 Å². The summed E-state index contributed by atoms with van der Waals surface area (Å²) in [5.74, 6) is -3.51. The summed E-state index contributed by atoms with van der Waals surface area (Å²) in [6, 6.07) is 6.42. The van der Waals surface area contributed by atoms with E-state index in [4.69, 9.17) is 37.5 Å². The maximum atomic E-state index is 15.4. The van der Waals surface area contributed by atoms with Crippen molar-refractivity contribution in [2.75, 3.05) is 13.7 Å². The van der Waals surface area contributed by atoms with Gasteiger partial charge < -0.3 is 32.9 Å². The summed E-state index contributed by atoms with van der Waals surface area (Å²) in [5, 5.41) is 2.44. The Morgan fingerprint density at radius 1 is 0.929 bits per heavy atom. The Bertz CT molecular complexity index is 1120. The van der Waals surface area contributed by atoms with Gasteiger partial charge in [0.05, 0.1) is 12.7 Å². The van der Waals surface area contributed by atoms with Crippen molar-refractivity contribution in [2.24, 2.45) is 0 Å². The molecule has 1 aromatic carbocycles. The second-order valence-electron chi connectivity index (χ2n) is 9.51. The van der Waals surface area contributed by atoms with Gasteiger partial charge in [-0.2, -0.15) is 5.09 Å². The first kappa shape index (κ1) is 35.1. The van der Waals surface area contributed by atoms with E-state index in [1.54, 1.807) is 32.0 Å². The highest BCUT2D eigenvalue weighted by atomic mass is 31.2. The SMILES string of the molecule is COC[C@H](F)C1O[C@@H](O[P@](=O)(N[C@@H](C)C(=O)OC(C)C)Oc2ccccc2)C(OC(C)=O)C(OC(C)=O)[C@@H]1OC(C)=O. The molecule has 1 aliphatic rings. The van der Waals surface area contributed by atoms with Crippen molar-refractivity contribution in [3.8, 4) is 5.75 Å². The zero-order valence-corrected chi connectivity index (χ0v) is 25.2. The van der Waals surface area contributed by atoms with E-state index < -0.39 is 87.3 Å². The molecule has 3 unspecified atom stereocenters. The largest absolute Gasteiger partial charge is 0.462 e. The van der Waals surface area contributed by atoms with Crippen molar-refractivity contribution in [3.63, 3.8) is 0 Å². The lowest BCUT2D eigenvalue weighted by atomic mass is 9.95. The normalized spacial score (nSPS) is 24.9. The molecule has 16 heteroatoms. The van der Waals surface area contributed by atoms with Crippen LogP contribution in [0.2, 0.25) is 0 Å². The molecular formula is C26H37FNO13P. The van der Waals surface area contributed by atoms with Crippen molar-refractivity contribution < 1.29 is 65.6 Å². The maximum absolute atomic E-state index is 15.4. The number of hydrogen-bond donors (Lipinski definition) is 1. The second kappa shape index (κ2) is 15.9. The van der Waals surface area contributed by atoms with Crippen LogP contribution in [0, 0.1) is 0 Å². The predicted octanol–water partition coefficient (Wildman–Crippen LogP) is 2.62. The molecule has 0 aromatic heterocycles. The highest BCUT2D eigenvalue weighted by Gasteiger charge is 2.56. The van der Waals surface area contributed by atoms with Crippen LogP contribution in [0.3, 0.4) is 0 Å². The summed E-state index contributed by atoms with van der Waals surface area (Å²) in [6.45, 7) is 7.06. The maximum Gasteiger partial charge on any atom is 0.461 e. The quantitative estimate of drug-likeness (QED) is 0.183. The number of hydrogen-bond acceptors (Lipinski definition) is 13. The van der Waals surface area contributed by atoms with Crippen LogP contribution >= 0.6 is 7.75 Å². The molecule has 1 aliphatic heterocycles. The first-order valence-corrected chi connectivity index (χ1v) is 14.5. The van der Waals surface area contributed by atoms with Crippen LogP contribution in [0.5, 0.6) is 5.75 Å². The van der Waals surface area contributed by atoms with Gasteiger partial charge in [0.15, 0.2) is 24.5 Å². The Kier molecular flexibility index (Phi) is 13.3. The van der Waals surface area contributed by atoms with E-state index in [2.05, 4.69) is 5.09 Å². The van der Waals surface area contributed by atoms with Crippen molar-refractivity contribution in [2.45, 2.75) is 90.6 Å². The minimum atomic E-state index is -4.69. The molecule has 8 atom stereocenters. The number of carbonyl (C=O) groups is 4. The first-order valence-electron chi connectivity index (χ1n) is 13.0. The molecule has 0 spiro atoms. The number of methoxy groups -OCH3 is 1. The van der Waals surface area contributed by atoms with Gasteiger partial charge >= 0.3 is 31.6 Å². The Morgan fingerprint density at radius 3 is 2.00 bits per heavy atom. The van der Waals surface area contributed by atoms with E-state index in [0.717, 1.165) is 20.8 Å². The standard InChI is InChI=1S/C26H37FNO13P/c1-14(2)35-25(32)15(3)28-42(33,40-19-11-9-8-10-12-19)41-26-24(38-18(6)31)23(37-17(5)30)22(36-16(4)29)21(39-26)20(27)13-34-7/h8-12,14-15,20-24,26H,13H2,1-7H3,(H,28,33)/t15-,20-,21?,22+,23?,24?,26-,42-/m0/s1. The Morgan fingerprint density at radius 2 is 1.48 bits per heavy atom. The minimum absolute atomic E-state index is 0.0335. The first-order chi connectivity index (χ1) is 19.7. The second-order valence-corrected chi connectivity index (χ2v) is 11.2. The number of alkyl halides is 1. The molecule has 1 heterocycles. The van der Waals surface area contributed by atoms with Crippen molar-refractivity contribution in [3.05, 3.63) is 30.3 Å². The Hall–Kier alpha value is -3.10. The molecule has 236 valence electrons. The summed E-state index contributed by atoms with van der Waals surface area (Å²) < 4.78 is 72.5. The molecular weight excluding hydrogens is 584 g/mol. The van der Waals surface area contributed by atoms with Crippen molar-refractivity contribution >= 4 is 31.6 Å². The van der Waals surface area contributed by atoms with Gasteiger partial charge in [-0.25, -0.2) is 8.96 Å². The van der Waals surface area contributed by atoms with Crippen LogP contribution in [0.4, 0.5) is 4.39 Å². The molecule has 0 aliphatic carbocycles. The Balaban J connectivity index is 2.60. The smallest absolute Gasteiger partial charge is 0.461 e. The monoisotopic (exact) mass is 621 g/mol. The average Bonchev–Trinajstić information content (AvgIpc) is 2.86. The van der Waals surface area contributed by atoms with Crippen LogP contribution in [-0.2, 0) is 56.7 Å². The fourth-order valence-corrected chi connectivity index (χ4v) is 5.47. The number of halogens is 1. The van der Waals surface area contributed by atoms with Gasteiger partial charge in [0, 0.05) is 27.9 Å². The topological polar surface area (TPSA) is 171 Å². The third-order valence-corrected chi connectivity index (χ3v) is 7.03. The molecule has 1 N–H and O–H groups in total. The van der Waals surface area contributed by atoms with Gasteiger partial charge in [-0.05, 0) is 32.9 Å².